The van der Waals surface area contributed by atoms with Gasteiger partial charge in [-0.05, 0) is 43.9 Å². The minimum atomic E-state index is -0.00130. The topological polar surface area (TPSA) is 30.0 Å². The molecular formula is C13H10NO. The fourth-order valence-corrected chi connectivity index (χ4v) is 1.28. The average Bonchev–Trinajstić information content (AvgIpc) is 2.80. The monoisotopic (exact) mass is 196 g/mol. The molecule has 0 aromatic carbocycles. The standard InChI is InChI=1S/C13H10NO/c15-13(12-7-9-14-10-8-12)6-5-11-3-1-2-4-11/h1-10H/b6-5+. The van der Waals surface area contributed by atoms with E-state index in [4.69, 9.17) is 0 Å². The molecular weight excluding hydrogens is 186 g/mol. The largest absolute Gasteiger partial charge is 0.289 e. The lowest BCUT2D eigenvalue weighted by Crippen LogP contribution is -1.95. The Morgan fingerprint density at radius 3 is 2.47 bits per heavy atom. The number of allylic oxidation sites excluding steroid dienone is 2. The van der Waals surface area contributed by atoms with E-state index in [9.17, 15) is 4.79 Å². The summed E-state index contributed by atoms with van der Waals surface area (Å²) < 4.78 is 0. The van der Waals surface area contributed by atoms with Gasteiger partial charge in [0.25, 0.3) is 0 Å². The van der Waals surface area contributed by atoms with Crippen molar-refractivity contribution < 1.29 is 4.79 Å². The molecule has 2 nitrogen and oxygen atoms in total. The molecule has 1 aliphatic carbocycles. The summed E-state index contributed by atoms with van der Waals surface area (Å²) in [5.74, 6) is 1.04. The Bertz CT molecular complexity index is 350. The summed E-state index contributed by atoms with van der Waals surface area (Å²) in [5.41, 5.74) is 0.660. The number of pyridine rings is 1. The molecule has 1 saturated carbocycles. The predicted octanol–water partition coefficient (Wildman–Crippen LogP) is 2.23. The highest BCUT2D eigenvalue weighted by Gasteiger charge is 2.13. The number of carbonyl (C=O) groups is 1. The Labute approximate surface area is 90.0 Å². The minimum absolute atomic E-state index is 0.00130. The first-order valence-corrected chi connectivity index (χ1v) is 4.70. The lowest BCUT2D eigenvalue weighted by Gasteiger charge is -1.98. The normalized spacial score (nSPS) is 17.3. The number of hydrogen-bond acceptors (Lipinski definition) is 2. The molecule has 0 atom stereocenters. The maximum atomic E-state index is 11.6. The first kappa shape index (κ1) is 10.1. The van der Waals surface area contributed by atoms with Crippen LogP contribution in [0.1, 0.15) is 10.4 Å². The summed E-state index contributed by atoms with van der Waals surface area (Å²) in [4.78, 5) is 15.5. The second-order valence-corrected chi connectivity index (χ2v) is 3.15. The van der Waals surface area contributed by atoms with Crippen molar-refractivity contribution >= 4 is 5.78 Å². The van der Waals surface area contributed by atoms with Crippen molar-refractivity contribution in [3.8, 4) is 0 Å². The first-order chi connectivity index (χ1) is 7.36. The van der Waals surface area contributed by atoms with E-state index in [1.807, 2.05) is 31.8 Å². The van der Waals surface area contributed by atoms with Gasteiger partial charge in [-0.3, -0.25) is 9.78 Å². The van der Waals surface area contributed by atoms with E-state index < -0.39 is 0 Å². The molecule has 0 aliphatic heterocycles. The van der Waals surface area contributed by atoms with E-state index in [-0.39, 0.29) is 5.78 Å². The maximum Gasteiger partial charge on any atom is 0.185 e. The Morgan fingerprint density at radius 2 is 1.80 bits per heavy atom. The van der Waals surface area contributed by atoms with Gasteiger partial charge in [0, 0.05) is 23.9 Å². The summed E-state index contributed by atoms with van der Waals surface area (Å²) in [6.45, 7) is 0. The zero-order chi connectivity index (χ0) is 10.5. The molecule has 0 N–H and O–H groups in total. The van der Waals surface area contributed by atoms with E-state index in [0.717, 1.165) is 5.92 Å². The third-order valence-corrected chi connectivity index (χ3v) is 2.08. The Kier molecular flexibility index (Phi) is 3.28. The van der Waals surface area contributed by atoms with Gasteiger partial charge in [0.2, 0.25) is 0 Å². The Morgan fingerprint density at radius 1 is 1.13 bits per heavy atom. The lowest BCUT2D eigenvalue weighted by molar-refractivity contribution is 0.104. The molecule has 1 aromatic heterocycles. The summed E-state index contributed by atoms with van der Waals surface area (Å²) in [5, 5.41) is 0. The van der Waals surface area contributed by atoms with Crippen LogP contribution in [0.25, 0.3) is 0 Å². The van der Waals surface area contributed by atoms with E-state index in [2.05, 4.69) is 4.98 Å². The number of ketones is 1. The number of carbonyl (C=O) groups excluding carboxylic acids is 1. The number of nitrogens with zero attached hydrogens (tertiary/aromatic N) is 1. The number of hydrogen-bond donors (Lipinski definition) is 0. The molecule has 1 aromatic rings. The van der Waals surface area contributed by atoms with Crippen molar-refractivity contribution in [1.29, 1.82) is 0 Å². The minimum Gasteiger partial charge on any atom is -0.289 e. The SMILES string of the molecule is O=C(/C=C/[C]1[CH][CH][CH][CH]1)c1ccncc1. The molecule has 2 heteroatoms. The number of rotatable bonds is 3. The van der Waals surface area contributed by atoms with Crippen LogP contribution >= 0.6 is 0 Å². The van der Waals surface area contributed by atoms with Crippen LogP contribution in [0, 0.1) is 31.6 Å². The highest BCUT2D eigenvalue weighted by atomic mass is 16.1. The molecule has 2 rings (SSSR count). The molecule has 0 bridgehead atoms. The fraction of sp³-hybridized carbons (Fsp3) is 0. The molecule has 0 spiro atoms. The molecule has 1 aliphatic rings. The van der Waals surface area contributed by atoms with Crippen molar-refractivity contribution in [2.45, 2.75) is 0 Å². The predicted molar refractivity (Wildman–Crippen MR) is 58.2 cm³/mol. The van der Waals surface area contributed by atoms with Crippen LogP contribution in [0.4, 0.5) is 0 Å². The summed E-state index contributed by atoms with van der Waals surface area (Å²) in [7, 11) is 0. The first-order valence-electron chi connectivity index (χ1n) is 4.70. The van der Waals surface area contributed by atoms with E-state index in [0.29, 0.717) is 5.56 Å². The third kappa shape index (κ3) is 2.75. The van der Waals surface area contributed by atoms with Gasteiger partial charge in [-0.15, -0.1) is 0 Å². The second kappa shape index (κ2) is 4.87. The van der Waals surface area contributed by atoms with Gasteiger partial charge in [-0.25, -0.2) is 0 Å². The molecule has 15 heavy (non-hydrogen) atoms. The molecule has 73 valence electrons. The van der Waals surface area contributed by atoms with Crippen LogP contribution in [-0.4, -0.2) is 10.8 Å². The van der Waals surface area contributed by atoms with Crippen LogP contribution < -0.4 is 0 Å². The van der Waals surface area contributed by atoms with Crippen molar-refractivity contribution in [3.05, 3.63) is 73.8 Å². The Hall–Kier alpha value is -1.44. The van der Waals surface area contributed by atoms with Crippen LogP contribution in [0.5, 0.6) is 0 Å². The van der Waals surface area contributed by atoms with Gasteiger partial charge in [0.1, 0.15) is 0 Å². The smallest absolute Gasteiger partial charge is 0.185 e. The second-order valence-electron chi connectivity index (χ2n) is 3.15. The zero-order valence-electron chi connectivity index (χ0n) is 8.13. The van der Waals surface area contributed by atoms with Gasteiger partial charge >= 0.3 is 0 Å². The highest BCUT2D eigenvalue weighted by Crippen LogP contribution is 2.23. The van der Waals surface area contributed by atoms with Crippen LogP contribution in [0.15, 0.2) is 36.7 Å². The fourth-order valence-electron chi connectivity index (χ4n) is 1.28. The molecule has 1 fully saturated rings. The maximum absolute atomic E-state index is 11.6. The van der Waals surface area contributed by atoms with Crippen molar-refractivity contribution in [3.63, 3.8) is 0 Å². The molecule has 0 saturated heterocycles. The molecule has 0 unspecified atom stereocenters. The van der Waals surface area contributed by atoms with Crippen LogP contribution in [0.3, 0.4) is 0 Å². The zero-order valence-corrected chi connectivity index (χ0v) is 8.13. The van der Waals surface area contributed by atoms with Gasteiger partial charge in [0.15, 0.2) is 5.78 Å². The Balaban J connectivity index is 1.97. The van der Waals surface area contributed by atoms with Gasteiger partial charge < -0.3 is 0 Å². The molecule has 5 radical (unpaired) electrons. The van der Waals surface area contributed by atoms with Gasteiger partial charge in [-0.2, -0.15) is 0 Å². The van der Waals surface area contributed by atoms with Gasteiger partial charge in [-0.1, -0.05) is 6.08 Å². The molecule has 0 amide bonds. The van der Waals surface area contributed by atoms with Gasteiger partial charge in [0.05, 0.1) is 0 Å². The van der Waals surface area contributed by atoms with Crippen molar-refractivity contribution in [1.82, 2.24) is 4.98 Å². The summed E-state index contributed by atoms with van der Waals surface area (Å²) >= 11 is 0. The molecule has 1 heterocycles. The summed E-state index contributed by atoms with van der Waals surface area (Å²) in [6, 6.07) is 3.41. The van der Waals surface area contributed by atoms with Crippen molar-refractivity contribution in [2.24, 2.45) is 0 Å². The summed E-state index contributed by atoms with van der Waals surface area (Å²) in [6.07, 6.45) is 14.4. The van der Waals surface area contributed by atoms with Crippen LogP contribution in [-0.2, 0) is 0 Å². The average molecular weight is 196 g/mol. The quantitative estimate of drug-likeness (QED) is 0.548. The third-order valence-electron chi connectivity index (χ3n) is 2.08. The van der Waals surface area contributed by atoms with Crippen LogP contribution in [0.2, 0.25) is 0 Å². The lowest BCUT2D eigenvalue weighted by atomic mass is 10.1. The van der Waals surface area contributed by atoms with E-state index in [1.165, 1.54) is 0 Å². The van der Waals surface area contributed by atoms with E-state index in [1.54, 1.807) is 30.6 Å². The number of aromatic nitrogens is 1. The highest BCUT2D eigenvalue weighted by molar-refractivity contribution is 6.04. The van der Waals surface area contributed by atoms with Crippen molar-refractivity contribution in [2.75, 3.05) is 0 Å². The van der Waals surface area contributed by atoms with E-state index >= 15 is 0 Å².